The highest BCUT2D eigenvalue weighted by molar-refractivity contribution is 8.00. The zero-order chi connectivity index (χ0) is 31.2. The zero-order valence-electron chi connectivity index (χ0n) is 24.2. The van der Waals surface area contributed by atoms with E-state index >= 15 is 0 Å². The van der Waals surface area contributed by atoms with Crippen LogP contribution in [0.25, 0.3) is 27.1 Å². The van der Waals surface area contributed by atoms with E-state index in [1.54, 1.807) is 42.5 Å². The maximum absolute atomic E-state index is 13.6. The average Bonchev–Trinajstić information content (AvgIpc) is 3.45. The molecule has 0 saturated heterocycles. The summed E-state index contributed by atoms with van der Waals surface area (Å²) in [6, 6.07) is 35.7. The van der Waals surface area contributed by atoms with Crippen molar-refractivity contribution in [2.24, 2.45) is 0 Å². The summed E-state index contributed by atoms with van der Waals surface area (Å²) in [6.45, 7) is 2.02. The van der Waals surface area contributed by atoms with Gasteiger partial charge in [0.25, 0.3) is 11.8 Å². The summed E-state index contributed by atoms with van der Waals surface area (Å²) in [5, 5.41) is 11.1. The highest BCUT2D eigenvalue weighted by Gasteiger charge is 2.16. The second kappa shape index (κ2) is 13.6. The number of rotatable bonds is 9. The molecule has 222 valence electrons. The van der Waals surface area contributed by atoms with Crippen molar-refractivity contribution in [1.82, 2.24) is 10.3 Å². The minimum absolute atomic E-state index is 0.101. The van der Waals surface area contributed by atoms with Crippen molar-refractivity contribution in [2.45, 2.75) is 11.8 Å². The third-order valence-electron chi connectivity index (χ3n) is 6.90. The minimum atomic E-state index is -0.474. The molecule has 7 nitrogen and oxygen atoms in total. The lowest BCUT2D eigenvalue weighted by molar-refractivity contribution is -0.114. The Kier molecular flexibility index (Phi) is 9.00. The van der Waals surface area contributed by atoms with Gasteiger partial charge in [0, 0.05) is 16.1 Å². The second-order valence-electron chi connectivity index (χ2n) is 10.3. The van der Waals surface area contributed by atoms with Crippen molar-refractivity contribution in [2.75, 3.05) is 16.4 Å². The van der Waals surface area contributed by atoms with Crippen LogP contribution in [-0.4, -0.2) is 28.5 Å². The number of hydrogen-bond donors (Lipinski definition) is 3. The van der Waals surface area contributed by atoms with E-state index in [1.165, 1.54) is 23.1 Å². The maximum atomic E-state index is 13.6. The topological polar surface area (TPSA) is 100 Å². The summed E-state index contributed by atoms with van der Waals surface area (Å²) in [4.78, 5) is 44.7. The Balaban J connectivity index is 1.17. The molecule has 0 radical (unpaired) electrons. The van der Waals surface area contributed by atoms with Crippen LogP contribution < -0.4 is 16.0 Å². The van der Waals surface area contributed by atoms with E-state index in [2.05, 4.69) is 20.9 Å². The standard InChI is InChI=1S/C36H28N4O3S2/c1-23-17-18-30-32(19-23)45-36(39-30)40-33(41)22-44-28-15-8-14-27(21-28)37-35(43)31(38-34(42)25-10-3-2-4-11-25)20-26-13-7-12-24-9-5-6-16-29(24)26/h2-21H,22H2,1H3,(H,37,43)(H,38,42)(H,39,40,41)/b31-20+. The van der Waals surface area contributed by atoms with E-state index in [1.807, 2.05) is 85.8 Å². The lowest BCUT2D eigenvalue weighted by Crippen LogP contribution is -2.30. The molecule has 5 aromatic carbocycles. The van der Waals surface area contributed by atoms with E-state index in [-0.39, 0.29) is 17.4 Å². The number of anilines is 2. The number of carbonyl (C=O) groups excluding carboxylic acids is 3. The van der Waals surface area contributed by atoms with Gasteiger partial charge in [-0.05, 0) is 77.4 Å². The molecule has 1 aromatic heterocycles. The number of benzene rings is 5. The predicted octanol–water partition coefficient (Wildman–Crippen LogP) is 7.90. The molecule has 0 spiro atoms. The maximum Gasteiger partial charge on any atom is 0.272 e. The SMILES string of the molecule is Cc1ccc2nc(NC(=O)CSc3cccc(NC(=O)/C(=C\c4cccc5ccccc45)NC(=O)c4ccccc4)c3)sc2c1. The molecule has 6 aromatic rings. The molecular weight excluding hydrogens is 601 g/mol. The summed E-state index contributed by atoms with van der Waals surface area (Å²) in [5.41, 5.74) is 3.86. The third kappa shape index (κ3) is 7.46. The number of fused-ring (bicyclic) bond motifs is 2. The van der Waals surface area contributed by atoms with Gasteiger partial charge in [-0.25, -0.2) is 4.98 Å². The summed E-state index contributed by atoms with van der Waals surface area (Å²) in [5.74, 6) is -0.866. The van der Waals surface area contributed by atoms with Gasteiger partial charge in [-0.1, -0.05) is 84.1 Å². The van der Waals surface area contributed by atoms with Crippen LogP contribution >= 0.6 is 23.1 Å². The first-order valence-electron chi connectivity index (χ1n) is 14.2. The second-order valence-corrected chi connectivity index (χ2v) is 12.3. The molecule has 0 aliphatic carbocycles. The number of amides is 3. The quantitative estimate of drug-likeness (QED) is 0.112. The highest BCUT2D eigenvalue weighted by atomic mass is 32.2. The number of thioether (sulfide) groups is 1. The van der Waals surface area contributed by atoms with Gasteiger partial charge in [-0.2, -0.15) is 0 Å². The fraction of sp³-hybridized carbons (Fsp3) is 0.0556. The number of aryl methyl sites for hydroxylation is 1. The molecule has 0 bridgehead atoms. The van der Waals surface area contributed by atoms with Crippen molar-refractivity contribution in [1.29, 1.82) is 0 Å². The van der Waals surface area contributed by atoms with Crippen molar-refractivity contribution >= 4 is 78.7 Å². The summed E-state index contributed by atoms with van der Waals surface area (Å²) < 4.78 is 1.02. The van der Waals surface area contributed by atoms with Gasteiger partial charge < -0.3 is 16.0 Å². The number of nitrogens with one attached hydrogen (secondary N) is 3. The Bertz CT molecular complexity index is 2070. The van der Waals surface area contributed by atoms with E-state index in [0.717, 1.165) is 37.0 Å². The number of nitrogens with zero attached hydrogens (tertiary/aromatic N) is 1. The van der Waals surface area contributed by atoms with Crippen molar-refractivity contribution < 1.29 is 14.4 Å². The Morgan fingerprint density at radius 3 is 2.47 bits per heavy atom. The Hall–Kier alpha value is -5.25. The number of thiazole rings is 1. The smallest absolute Gasteiger partial charge is 0.272 e. The van der Waals surface area contributed by atoms with Gasteiger partial charge in [0.2, 0.25) is 5.91 Å². The van der Waals surface area contributed by atoms with Gasteiger partial charge in [-0.15, -0.1) is 11.8 Å². The Labute approximate surface area is 268 Å². The van der Waals surface area contributed by atoms with Crippen LogP contribution in [0.15, 0.2) is 126 Å². The molecule has 0 fully saturated rings. The molecule has 0 atom stereocenters. The fourth-order valence-corrected chi connectivity index (χ4v) is 6.46. The third-order valence-corrected chi connectivity index (χ3v) is 8.83. The lowest BCUT2D eigenvalue weighted by atomic mass is 10.0. The molecule has 0 aliphatic rings. The van der Waals surface area contributed by atoms with Crippen LogP contribution in [0, 0.1) is 6.92 Å². The van der Waals surface area contributed by atoms with E-state index in [4.69, 9.17) is 0 Å². The monoisotopic (exact) mass is 628 g/mol. The Morgan fingerprint density at radius 2 is 1.60 bits per heavy atom. The van der Waals surface area contributed by atoms with Crippen molar-refractivity contribution in [3.63, 3.8) is 0 Å². The number of aromatic nitrogens is 1. The Morgan fingerprint density at radius 1 is 0.822 bits per heavy atom. The van der Waals surface area contributed by atoms with Gasteiger partial charge >= 0.3 is 0 Å². The molecule has 0 unspecified atom stereocenters. The van der Waals surface area contributed by atoms with Gasteiger partial charge in [-0.3, -0.25) is 14.4 Å². The average molecular weight is 629 g/mol. The van der Waals surface area contributed by atoms with E-state index in [0.29, 0.717) is 16.4 Å². The van der Waals surface area contributed by atoms with E-state index in [9.17, 15) is 14.4 Å². The van der Waals surface area contributed by atoms with Crippen LogP contribution in [-0.2, 0) is 9.59 Å². The number of hydrogen-bond acceptors (Lipinski definition) is 6. The molecule has 3 amide bonds. The summed E-state index contributed by atoms with van der Waals surface area (Å²) >= 11 is 2.79. The van der Waals surface area contributed by atoms with Crippen LogP contribution in [0.1, 0.15) is 21.5 Å². The van der Waals surface area contributed by atoms with Gasteiger partial charge in [0.1, 0.15) is 5.70 Å². The molecule has 9 heteroatoms. The zero-order valence-corrected chi connectivity index (χ0v) is 25.9. The summed E-state index contributed by atoms with van der Waals surface area (Å²) in [7, 11) is 0. The largest absolute Gasteiger partial charge is 0.321 e. The van der Waals surface area contributed by atoms with Crippen LogP contribution in [0.3, 0.4) is 0 Å². The van der Waals surface area contributed by atoms with E-state index < -0.39 is 11.8 Å². The first-order valence-corrected chi connectivity index (χ1v) is 16.0. The predicted molar refractivity (Wildman–Crippen MR) is 185 cm³/mol. The molecule has 6 rings (SSSR count). The fourth-order valence-electron chi connectivity index (χ4n) is 4.73. The van der Waals surface area contributed by atoms with Crippen molar-refractivity contribution in [3.05, 3.63) is 138 Å². The molecular formula is C36H28N4O3S2. The molecule has 0 saturated carbocycles. The molecule has 3 N–H and O–H groups in total. The lowest BCUT2D eigenvalue weighted by Gasteiger charge is -2.13. The first kappa shape index (κ1) is 29.8. The van der Waals surface area contributed by atoms with Crippen LogP contribution in [0.2, 0.25) is 0 Å². The molecule has 1 heterocycles. The van der Waals surface area contributed by atoms with Crippen LogP contribution in [0.5, 0.6) is 0 Å². The molecule has 0 aliphatic heterocycles. The highest BCUT2D eigenvalue weighted by Crippen LogP contribution is 2.28. The minimum Gasteiger partial charge on any atom is -0.321 e. The normalized spacial score (nSPS) is 11.4. The van der Waals surface area contributed by atoms with Crippen LogP contribution in [0.4, 0.5) is 10.8 Å². The van der Waals surface area contributed by atoms with Crippen molar-refractivity contribution in [3.8, 4) is 0 Å². The van der Waals surface area contributed by atoms with Gasteiger partial charge in [0.05, 0.1) is 16.0 Å². The molecule has 45 heavy (non-hydrogen) atoms. The number of carbonyl (C=O) groups is 3. The first-order chi connectivity index (χ1) is 21.9. The summed E-state index contributed by atoms with van der Waals surface area (Å²) in [6.07, 6.45) is 1.69. The van der Waals surface area contributed by atoms with Gasteiger partial charge in [0.15, 0.2) is 5.13 Å².